The number of amides is 1. The van der Waals surface area contributed by atoms with Crippen molar-refractivity contribution >= 4 is 33.7 Å². The lowest BCUT2D eigenvalue weighted by Gasteiger charge is -2.16. The summed E-state index contributed by atoms with van der Waals surface area (Å²) in [6, 6.07) is 10.1. The molecule has 144 valence electrons. The highest BCUT2D eigenvalue weighted by Crippen LogP contribution is 2.21. The SMILES string of the molecule is COc1ccc(O)c(/C=N/NC(=O)CN(C)S(=O)(=O)c2ccc(Cl)cc2)c1. The molecule has 0 aromatic heterocycles. The Morgan fingerprint density at radius 2 is 1.96 bits per heavy atom. The molecule has 0 radical (unpaired) electrons. The van der Waals surface area contributed by atoms with Crippen LogP contribution >= 0.6 is 11.6 Å². The Morgan fingerprint density at radius 3 is 2.59 bits per heavy atom. The number of ether oxygens (including phenoxy) is 1. The van der Waals surface area contributed by atoms with Crippen molar-refractivity contribution in [3.63, 3.8) is 0 Å². The number of hydrogen-bond donors (Lipinski definition) is 2. The maximum absolute atomic E-state index is 12.4. The Labute approximate surface area is 162 Å². The number of nitrogens with zero attached hydrogens (tertiary/aromatic N) is 2. The number of hydrazone groups is 1. The van der Waals surface area contributed by atoms with Gasteiger partial charge in [-0.15, -0.1) is 0 Å². The van der Waals surface area contributed by atoms with Crippen molar-refractivity contribution < 1.29 is 23.1 Å². The number of likely N-dealkylation sites (N-methyl/N-ethyl adjacent to an activating group) is 1. The lowest BCUT2D eigenvalue weighted by Crippen LogP contribution is -2.36. The van der Waals surface area contributed by atoms with Crippen LogP contribution in [0.1, 0.15) is 5.56 Å². The lowest BCUT2D eigenvalue weighted by atomic mass is 10.2. The Kier molecular flexibility index (Phi) is 6.78. The second-order valence-electron chi connectivity index (χ2n) is 5.43. The zero-order chi connectivity index (χ0) is 20.0. The highest BCUT2D eigenvalue weighted by atomic mass is 35.5. The molecule has 0 aliphatic heterocycles. The molecule has 8 nitrogen and oxygen atoms in total. The standard InChI is InChI=1S/C17H18ClN3O5S/c1-21(27(24,25)15-6-3-13(18)4-7-15)11-17(23)20-19-10-12-9-14(26-2)5-8-16(12)22/h3-10,22H,11H2,1-2H3,(H,20,23)/b19-10+. The third-order valence-corrected chi connectivity index (χ3v) is 5.59. The summed E-state index contributed by atoms with van der Waals surface area (Å²) in [5, 5.41) is 13.9. The Bertz CT molecular complexity index is 946. The smallest absolute Gasteiger partial charge is 0.255 e. The number of methoxy groups -OCH3 is 1. The molecule has 0 bridgehead atoms. The van der Waals surface area contributed by atoms with Crippen LogP contribution in [0.25, 0.3) is 0 Å². The predicted octanol–water partition coefficient (Wildman–Crippen LogP) is 1.82. The van der Waals surface area contributed by atoms with Gasteiger partial charge in [0.2, 0.25) is 10.0 Å². The van der Waals surface area contributed by atoms with E-state index in [1.54, 1.807) is 6.07 Å². The number of rotatable bonds is 7. The first-order valence-electron chi connectivity index (χ1n) is 7.65. The van der Waals surface area contributed by atoms with Crippen LogP contribution in [0.3, 0.4) is 0 Å². The number of halogens is 1. The van der Waals surface area contributed by atoms with Gasteiger partial charge in [0.05, 0.1) is 24.8 Å². The average Bonchev–Trinajstić information content (AvgIpc) is 2.63. The van der Waals surface area contributed by atoms with E-state index < -0.39 is 22.5 Å². The van der Waals surface area contributed by atoms with Crippen LogP contribution in [-0.2, 0) is 14.8 Å². The molecule has 0 atom stereocenters. The van der Waals surface area contributed by atoms with Crippen LogP contribution in [-0.4, -0.2) is 50.7 Å². The monoisotopic (exact) mass is 411 g/mol. The molecule has 0 spiro atoms. The number of hydrogen-bond acceptors (Lipinski definition) is 6. The maximum atomic E-state index is 12.4. The molecule has 0 saturated heterocycles. The van der Waals surface area contributed by atoms with E-state index in [-0.39, 0.29) is 10.6 Å². The summed E-state index contributed by atoms with van der Waals surface area (Å²) < 4.78 is 30.7. The summed E-state index contributed by atoms with van der Waals surface area (Å²) in [4.78, 5) is 12.0. The molecule has 0 fully saturated rings. The fraction of sp³-hybridized carbons (Fsp3) is 0.176. The van der Waals surface area contributed by atoms with E-state index in [0.29, 0.717) is 16.3 Å². The van der Waals surface area contributed by atoms with Gasteiger partial charge >= 0.3 is 0 Å². The van der Waals surface area contributed by atoms with E-state index in [9.17, 15) is 18.3 Å². The van der Waals surface area contributed by atoms with Gasteiger partial charge in [-0.25, -0.2) is 13.8 Å². The summed E-state index contributed by atoms with van der Waals surface area (Å²) in [5.41, 5.74) is 2.54. The fourth-order valence-corrected chi connectivity index (χ4v) is 3.30. The summed E-state index contributed by atoms with van der Waals surface area (Å²) >= 11 is 5.75. The first-order chi connectivity index (χ1) is 12.7. The summed E-state index contributed by atoms with van der Waals surface area (Å²) in [6.45, 7) is -0.438. The molecule has 2 rings (SSSR count). The van der Waals surface area contributed by atoms with E-state index in [1.165, 1.54) is 56.8 Å². The Balaban J connectivity index is 2.00. The van der Waals surface area contributed by atoms with Gasteiger partial charge in [0.15, 0.2) is 0 Å². The minimum Gasteiger partial charge on any atom is -0.507 e. The third-order valence-electron chi connectivity index (χ3n) is 3.52. The second-order valence-corrected chi connectivity index (χ2v) is 7.91. The summed E-state index contributed by atoms with van der Waals surface area (Å²) in [5.74, 6) is -0.181. The van der Waals surface area contributed by atoms with Crippen molar-refractivity contribution in [1.82, 2.24) is 9.73 Å². The highest BCUT2D eigenvalue weighted by molar-refractivity contribution is 7.89. The molecule has 0 unspecified atom stereocenters. The van der Waals surface area contributed by atoms with E-state index >= 15 is 0 Å². The molecule has 0 saturated carbocycles. The first kappa shape index (κ1) is 20.7. The zero-order valence-electron chi connectivity index (χ0n) is 14.6. The van der Waals surface area contributed by atoms with Crippen LogP contribution in [0, 0.1) is 0 Å². The number of sulfonamides is 1. The number of benzene rings is 2. The minimum absolute atomic E-state index is 0.0204. The Morgan fingerprint density at radius 1 is 1.30 bits per heavy atom. The zero-order valence-corrected chi connectivity index (χ0v) is 16.2. The molecule has 2 aromatic rings. The van der Waals surface area contributed by atoms with Crippen LogP contribution in [0.4, 0.5) is 0 Å². The van der Waals surface area contributed by atoms with Crippen LogP contribution in [0.2, 0.25) is 5.02 Å². The largest absolute Gasteiger partial charge is 0.507 e. The number of phenols is 1. The quantitative estimate of drug-likeness (QED) is 0.533. The second kappa shape index (κ2) is 8.85. The van der Waals surface area contributed by atoms with Gasteiger partial charge in [0, 0.05) is 17.6 Å². The average molecular weight is 412 g/mol. The van der Waals surface area contributed by atoms with Crippen molar-refractivity contribution in [2.24, 2.45) is 5.10 Å². The van der Waals surface area contributed by atoms with Gasteiger partial charge in [-0.3, -0.25) is 4.79 Å². The van der Waals surface area contributed by atoms with Crippen LogP contribution in [0.5, 0.6) is 11.5 Å². The number of carbonyl (C=O) groups excluding carboxylic acids is 1. The lowest BCUT2D eigenvalue weighted by molar-refractivity contribution is -0.121. The maximum Gasteiger partial charge on any atom is 0.255 e. The van der Waals surface area contributed by atoms with E-state index in [4.69, 9.17) is 16.3 Å². The minimum atomic E-state index is -3.84. The number of carbonyl (C=O) groups is 1. The molecule has 27 heavy (non-hydrogen) atoms. The van der Waals surface area contributed by atoms with Gasteiger partial charge < -0.3 is 9.84 Å². The Hall–Kier alpha value is -2.62. The van der Waals surface area contributed by atoms with Crippen molar-refractivity contribution in [3.05, 3.63) is 53.1 Å². The number of nitrogens with one attached hydrogen (secondary N) is 1. The first-order valence-corrected chi connectivity index (χ1v) is 9.46. The van der Waals surface area contributed by atoms with Gasteiger partial charge in [-0.1, -0.05) is 11.6 Å². The van der Waals surface area contributed by atoms with E-state index in [1.807, 2.05) is 0 Å². The predicted molar refractivity (Wildman–Crippen MR) is 102 cm³/mol. The molecule has 0 aliphatic rings. The van der Waals surface area contributed by atoms with Gasteiger partial charge in [0.1, 0.15) is 11.5 Å². The van der Waals surface area contributed by atoms with Crippen molar-refractivity contribution in [2.75, 3.05) is 20.7 Å². The highest BCUT2D eigenvalue weighted by Gasteiger charge is 2.22. The molecule has 0 heterocycles. The molecule has 1 amide bonds. The topological polar surface area (TPSA) is 108 Å². The summed E-state index contributed by atoms with van der Waals surface area (Å²) in [6.07, 6.45) is 1.23. The van der Waals surface area contributed by atoms with Crippen LogP contribution in [0.15, 0.2) is 52.5 Å². The van der Waals surface area contributed by atoms with Crippen molar-refractivity contribution in [2.45, 2.75) is 4.90 Å². The van der Waals surface area contributed by atoms with Crippen molar-refractivity contribution in [3.8, 4) is 11.5 Å². The van der Waals surface area contributed by atoms with E-state index in [0.717, 1.165) is 4.31 Å². The van der Waals surface area contributed by atoms with Gasteiger partial charge in [-0.05, 0) is 42.5 Å². The van der Waals surface area contributed by atoms with Crippen LogP contribution < -0.4 is 10.2 Å². The van der Waals surface area contributed by atoms with E-state index in [2.05, 4.69) is 10.5 Å². The number of phenolic OH excluding ortho intramolecular Hbond substituents is 1. The van der Waals surface area contributed by atoms with Gasteiger partial charge in [-0.2, -0.15) is 9.41 Å². The summed E-state index contributed by atoms with van der Waals surface area (Å²) in [7, 11) is -1.08. The molecule has 2 aromatic carbocycles. The number of aromatic hydroxyl groups is 1. The molecular formula is C17H18ClN3O5S. The fourth-order valence-electron chi connectivity index (χ4n) is 2.05. The molecular weight excluding hydrogens is 394 g/mol. The molecule has 0 aliphatic carbocycles. The third kappa shape index (κ3) is 5.43. The normalized spacial score (nSPS) is 11.7. The molecule has 2 N–H and O–H groups in total. The molecule has 10 heteroatoms. The van der Waals surface area contributed by atoms with Crippen molar-refractivity contribution in [1.29, 1.82) is 0 Å². The van der Waals surface area contributed by atoms with Gasteiger partial charge in [0.25, 0.3) is 5.91 Å².